The number of aromatic nitrogens is 2. The van der Waals surface area contributed by atoms with Crippen molar-refractivity contribution in [2.75, 3.05) is 20.3 Å². The van der Waals surface area contributed by atoms with E-state index in [4.69, 9.17) is 23.0 Å². The zero-order chi connectivity index (χ0) is 46.4. The van der Waals surface area contributed by atoms with Crippen molar-refractivity contribution >= 4 is 27.8 Å². The van der Waals surface area contributed by atoms with E-state index in [1.54, 1.807) is 12.5 Å². The number of carbonyl (C=O) groups excluding carboxylic acids is 2. The number of halogens is 1. The van der Waals surface area contributed by atoms with E-state index in [9.17, 15) is 9.59 Å². The number of nitrogens with one attached hydrogen (secondary N) is 1. The zero-order valence-corrected chi connectivity index (χ0v) is 40.6. The number of nitrogens with zero attached hydrogens (tertiary/aromatic N) is 2. The molecule has 2 heterocycles. The Balaban J connectivity index is 0.000000264. The van der Waals surface area contributed by atoms with E-state index in [1.165, 1.54) is 58.5 Å². The Kier molecular flexibility index (Phi) is 20.4. The monoisotopic (exact) mass is 947 g/mol. The smallest absolute Gasteiger partial charge is 0.328 e. The maximum atomic E-state index is 12.4. The number of benzene rings is 4. The molecule has 10 nitrogen and oxygen atoms in total. The zero-order valence-electron chi connectivity index (χ0n) is 39.0. The first-order valence-corrected chi connectivity index (χ1v) is 23.8. The molecular weight excluding hydrogens is 883 g/mol. The van der Waals surface area contributed by atoms with Gasteiger partial charge in [-0.25, -0.2) is 14.8 Å². The Bertz CT molecular complexity index is 2290. The maximum absolute atomic E-state index is 12.4. The van der Waals surface area contributed by atoms with E-state index in [0.29, 0.717) is 30.3 Å². The molecule has 0 bridgehead atoms. The van der Waals surface area contributed by atoms with Crippen LogP contribution in [0.4, 0.5) is 0 Å². The van der Waals surface area contributed by atoms with Gasteiger partial charge in [-0.3, -0.25) is 4.79 Å². The summed E-state index contributed by atoms with van der Waals surface area (Å²) in [4.78, 5) is 33.9. The van der Waals surface area contributed by atoms with Crippen LogP contribution in [0.25, 0.3) is 45.4 Å². The Morgan fingerprint density at radius 2 is 1.05 bits per heavy atom. The Morgan fingerprint density at radius 3 is 1.48 bits per heavy atom. The average molecular weight is 949 g/mol. The molecule has 0 aliphatic rings. The minimum absolute atomic E-state index is 0.174. The van der Waals surface area contributed by atoms with Crippen LogP contribution in [0.1, 0.15) is 111 Å². The van der Waals surface area contributed by atoms with Gasteiger partial charge in [0, 0.05) is 39.6 Å². The highest BCUT2D eigenvalue weighted by atomic mass is 79.9. The molecule has 2 aromatic heterocycles. The second-order valence-electron chi connectivity index (χ2n) is 17.4. The van der Waals surface area contributed by atoms with Crippen LogP contribution in [-0.4, -0.2) is 48.2 Å². The van der Waals surface area contributed by atoms with Gasteiger partial charge in [0.2, 0.25) is 17.7 Å². The number of rotatable bonds is 23. The van der Waals surface area contributed by atoms with Crippen molar-refractivity contribution in [1.29, 1.82) is 0 Å². The van der Waals surface area contributed by atoms with Gasteiger partial charge in [-0.05, 0) is 84.5 Å². The Morgan fingerprint density at radius 1 is 0.615 bits per heavy atom. The molecule has 1 amide bonds. The molecule has 0 aliphatic heterocycles. The van der Waals surface area contributed by atoms with Crippen LogP contribution in [0.15, 0.2) is 123 Å². The fourth-order valence-electron chi connectivity index (χ4n) is 6.99. The van der Waals surface area contributed by atoms with Crippen molar-refractivity contribution in [2.24, 2.45) is 5.41 Å². The second kappa shape index (κ2) is 26.3. The Hall–Kier alpha value is -5.68. The van der Waals surface area contributed by atoms with Gasteiger partial charge >= 0.3 is 5.97 Å². The van der Waals surface area contributed by atoms with Crippen LogP contribution in [0, 0.1) is 5.41 Å². The molecule has 0 aliphatic carbocycles. The lowest BCUT2D eigenvalue weighted by molar-refractivity contribution is -0.145. The lowest BCUT2D eigenvalue weighted by Crippen LogP contribution is -2.44. The number of hydrogen-bond donors (Lipinski definition) is 1. The summed E-state index contributed by atoms with van der Waals surface area (Å²) < 4.78 is 29.0. The predicted octanol–water partition coefficient (Wildman–Crippen LogP) is 14.1. The van der Waals surface area contributed by atoms with Crippen molar-refractivity contribution in [1.82, 2.24) is 15.3 Å². The van der Waals surface area contributed by atoms with Gasteiger partial charge in [0.1, 0.15) is 41.5 Å². The number of unbranched alkanes of at least 4 members (excludes halogenated alkanes) is 8. The van der Waals surface area contributed by atoms with Crippen LogP contribution < -0.4 is 14.8 Å². The van der Waals surface area contributed by atoms with Gasteiger partial charge in [-0.1, -0.05) is 138 Å². The van der Waals surface area contributed by atoms with Crippen molar-refractivity contribution in [3.63, 3.8) is 0 Å². The number of oxazole rings is 2. The van der Waals surface area contributed by atoms with Crippen LogP contribution in [0.2, 0.25) is 0 Å². The number of methoxy groups -OCH3 is 1. The van der Waals surface area contributed by atoms with E-state index in [2.05, 4.69) is 45.1 Å². The summed E-state index contributed by atoms with van der Waals surface area (Å²) >= 11 is 3.44. The topological polar surface area (TPSA) is 126 Å². The predicted molar refractivity (Wildman–Crippen MR) is 263 cm³/mol. The second-order valence-corrected chi connectivity index (χ2v) is 18.4. The van der Waals surface area contributed by atoms with Crippen molar-refractivity contribution in [3.8, 4) is 56.9 Å². The average Bonchev–Trinajstić information content (AvgIpc) is 4.01. The van der Waals surface area contributed by atoms with E-state index >= 15 is 0 Å². The molecule has 0 fully saturated rings. The summed E-state index contributed by atoms with van der Waals surface area (Å²) in [7, 11) is 1.33. The first-order valence-electron chi connectivity index (χ1n) is 23.0. The Labute approximate surface area is 394 Å². The van der Waals surface area contributed by atoms with Gasteiger partial charge in [-0.15, -0.1) is 0 Å². The highest BCUT2D eigenvalue weighted by Gasteiger charge is 2.25. The highest BCUT2D eigenvalue weighted by molar-refractivity contribution is 9.10. The summed E-state index contributed by atoms with van der Waals surface area (Å²) in [5.41, 5.74) is 6.02. The highest BCUT2D eigenvalue weighted by Crippen LogP contribution is 2.29. The molecule has 0 unspecified atom stereocenters. The maximum Gasteiger partial charge on any atom is 0.328 e. The van der Waals surface area contributed by atoms with E-state index in [1.807, 2.05) is 118 Å². The lowest BCUT2D eigenvalue weighted by atomic mass is 9.91. The van der Waals surface area contributed by atoms with Gasteiger partial charge in [-0.2, -0.15) is 0 Å². The minimum atomic E-state index is -0.748. The normalized spacial score (nSPS) is 11.6. The van der Waals surface area contributed by atoms with Crippen molar-refractivity contribution in [2.45, 2.75) is 118 Å². The molecule has 65 heavy (non-hydrogen) atoms. The summed E-state index contributed by atoms with van der Waals surface area (Å²) in [5, 5.41) is 2.82. The van der Waals surface area contributed by atoms with E-state index < -0.39 is 12.0 Å². The molecule has 6 aromatic rings. The molecule has 0 radical (unpaired) electrons. The number of ether oxygens (including phenoxy) is 3. The first-order chi connectivity index (χ1) is 31.4. The molecule has 0 saturated heterocycles. The standard InChI is InChI=1S/C32H42N2O5.C22H24BrNO2/c1-6-7-8-9-10-19-38-26-17-15-25(16-18-26)30-34-28(22-39-30)24-13-11-23(12-14-24)20-27(31(36)37-5)33-29(35)21-32(2,3)4;1-2-3-4-5-6-15-25-20-13-9-18(10-14-20)22-24-21(16-26-22)17-7-11-19(23)12-8-17/h11-18,22,27H,6-10,19-21H2,1-5H3,(H,33,35);7-14,16H,2-6,15H2,1H3/t27-;/m0./s1. The number of esters is 1. The third kappa shape index (κ3) is 17.3. The van der Waals surface area contributed by atoms with Gasteiger partial charge in [0.25, 0.3) is 0 Å². The van der Waals surface area contributed by atoms with Crippen molar-refractivity contribution < 1.29 is 32.6 Å². The molecule has 1 atom stereocenters. The molecule has 0 spiro atoms. The van der Waals surface area contributed by atoms with Gasteiger partial charge < -0.3 is 28.4 Å². The largest absolute Gasteiger partial charge is 0.494 e. The quantitative estimate of drug-likeness (QED) is 0.0493. The third-order valence-electron chi connectivity index (χ3n) is 10.6. The van der Waals surface area contributed by atoms with Gasteiger partial charge in [0.05, 0.1) is 20.3 Å². The molecule has 346 valence electrons. The van der Waals surface area contributed by atoms with Crippen LogP contribution in [0.5, 0.6) is 11.5 Å². The number of amides is 1. The summed E-state index contributed by atoms with van der Waals surface area (Å²) in [5.74, 6) is 2.25. The SMILES string of the molecule is CCCCCCCOc1ccc(-c2nc(-c3ccc(Br)cc3)co2)cc1.CCCCCCCOc1ccc(-c2nc(-c3ccc(C[C@H](NC(=O)CC(C)(C)C)C(=O)OC)cc3)co2)cc1. The molecular formula is C54H66BrN3O7. The van der Waals surface area contributed by atoms with E-state index in [0.717, 1.165) is 75.5 Å². The summed E-state index contributed by atoms with van der Waals surface area (Å²) in [6.07, 6.45) is 16.3. The number of carbonyl (C=O) groups is 2. The fraction of sp³-hybridized carbons (Fsp3) is 0.407. The number of hydrogen-bond acceptors (Lipinski definition) is 9. The first kappa shape index (κ1) is 50.3. The molecule has 6 rings (SSSR count). The molecule has 11 heteroatoms. The fourth-order valence-corrected chi connectivity index (χ4v) is 7.25. The summed E-state index contributed by atoms with van der Waals surface area (Å²) in [6.45, 7) is 11.9. The molecule has 0 saturated carbocycles. The summed E-state index contributed by atoms with van der Waals surface area (Å²) in [6, 6.07) is 30.7. The lowest BCUT2D eigenvalue weighted by Gasteiger charge is -2.21. The van der Waals surface area contributed by atoms with Crippen molar-refractivity contribution in [3.05, 3.63) is 120 Å². The third-order valence-corrected chi connectivity index (χ3v) is 11.1. The molecule has 4 aromatic carbocycles. The van der Waals surface area contributed by atoms with Crippen LogP contribution >= 0.6 is 15.9 Å². The van der Waals surface area contributed by atoms with E-state index in [-0.39, 0.29) is 11.3 Å². The van der Waals surface area contributed by atoms with Crippen LogP contribution in [0.3, 0.4) is 0 Å². The minimum Gasteiger partial charge on any atom is -0.494 e. The van der Waals surface area contributed by atoms with Gasteiger partial charge in [0.15, 0.2) is 0 Å². The van der Waals surface area contributed by atoms with Crippen LogP contribution in [-0.2, 0) is 20.7 Å². The molecule has 1 N–H and O–H groups in total.